The van der Waals surface area contributed by atoms with Gasteiger partial charge in [-0.1, -0.05) is 66.3 Å². The number of piperidine rings is 1. The van der Waals surface area contributed by atoms with Gasteiger partial charge in [0.15, 0.2) is 0 Å². The highest BCUT2D eigenvalue weighted by atomic mass is 16.6. The van der Waals surface area contributed by atoms with Crippen LogP contribution in [0.2, 0.25) is 0 Å². The van der Waals surface area contributed by atoms with E-state index in [0.717, 1.165) is 50.9 Å². The Morgan fingerprint density at radius 1 is 0.788 bits per heavy atom. The number of fused-ring (bicyclic) bond motifs is 2. The first-order valence-electron chi connectivity index (χ1n) is 11.7. The van der Waals surface area contributed by atoms with Gasteiger partial charge in [-0.25, -0.2) is 0 Å². The summed E-state index contributed by atoms with van der Waals surface area (Å²) in [6.45, 7) is 2.99. The smallest absolute Gasteiger partial charge is 0.269 e. The molecule has 0 atom stereocenters. The van der Waals surface area contributed by atoms with Crippen LogP contribution in [0.15, 0.2) is 84.4 Å². The van der Waals surface area contributed by atoms with Gasteiger partial charge in [-0.3, -0.25) is 15.0 Å². The van der Waals surface area contributed by atoms with Crippen LogP contribution in [0.25, 0.3) is 11.6 Å². The maximum absolute atomic E-state index is 10.8. The average molecular weight is 437 g/mol. The lowest BCUT2D eigenvalue weighted by Crippen LogP contribution is -2.31. The molecule has 0 aromatic heterocycles. The number of aryl methyl sites for hydroxylation is 2. The molecule has 1 aliphatic heterocycles. The van der Waals surface area contributed by atoms with Crippen molar-refractivity contribution >= 4 is 17.3 Å². The van der Waals surface area contributed by atoms with Gasteiger partial charge in [0.25, 0.3) is 5.69 Å². The van der Waals surface area contributed by atoms with Crippen molar-refractivity contribution in [2.45, 2.75) is 25.7 Å². The summed E-state index contributed by atoms with van der Waals surface area (Å²) in [4.78, 5) is 12.9. The highest BCUT2D eigenvalue weighted by molar-refractivity contribution is 5.86. The maximum atomic E-state index is 10.8. The number of nitro groups is 1. The fourth-order valence-electron chi connectivity index (χ4n) is 5.06. The highest BCUT2D eigenvalue weighted by Gasteiger charge is 2.23. The maximum Gasteiger partial charge on any atom is 0.269 e. The summed E-state index contributed by atoms with van der Waals surface area (Å²) in [7, 11) is 0. The molecule has 5 rings (SSSR count). The number of rotatable bonds is 4. The van der Waals surface area contributed by atoms with Gasteiger partial charge in [0.05, 0.1) is 4.92 Å². The zero-order valence-electron chi connectivity index (χ0n) is 18.7. The van der Waals surface area contributed by atoms with Crippen LogP contribution >= 0.6 is 0 Å². The predicted molar refractivity (Wildman–Crippen MR) is 134 cm³/mol. The predicted octanol–water partition coefficient (Wildman–Crippen LogP) is 6.30. The molecule has 166 valence electrons. The number of hydrogen-bond acceptors (Lipinski definition) is 3. The van der Waals surface area contributed by atoms with E-state index in [1.165, 1.54) is 27.8 Å². The summed E-state index contributed by atoms with van der Waals surface area (Å²) in [6.07, 6.45) is 8.59. The summed E-state index contributed by atoms with van der Waals surface area (Å²) in [5, 5.41) is 10.8. The Kier molecular flexibility index (Phi) is 6.18. The standard InChI is InChI=1S/C29H28N2O2/c32-31(33)26-15-11-22(12-16-26)6-5-19-30-20-17-25(18-21-30)29-27-9-3-1-7-23(27)13-14-24-8-2-4-10-28(24)29/h1-12,15-16H,13-14,17-21H2. The van der Waals surface area contributed by atoms with E-state index in [0.29, 0.717) is 0 Å². The second-order valence-corrected chi connectivity index (χ2v) is 8.84. The molecular formula is C29H28N2O2. The summed E-state index contributed by atoms with van der Waals surface area (Å²) in [5.74, 6) is 0. The van der Waals surface area contributed by atoms with E-state index in [-0.39, 0.29) is 10.6 Å². The van der Waals surface area contributed by atoms with E-state index >= 15 is 0 Å². The Labute approximate surface area is 195 Å². The SMILES string of the molecule is O=[N+]([O-])c1ccc(C=CCN2CCC(=C3c4ccccc4CCc4ccccc43)CC2)cc1. The third-order valence-corrected chi connectivity index (χ3v) is 6.83. The third-order valence-electron chi connectivity index (χ3n) is 6.83. The van der Waals surface area contributed by atoms with Gasteiger partial charge in [-0.2, -0.15) is 0 Å². The fourth-order valence-corrected chi connectivity index (χ4v) is 5.06. The number of benzene rings is 3. The molecule has 3 aromatic rings. The second-order valence-electron chi connectivity index (χ2n) is 8.84. The van der Waals surface area contributed by atoms with Crippen LogP contribution < -0.4 is 0 Å². The number of nitrogens with zero attached hydrogens (tertiary/aromatic N) is 2. The molecular weight excluding hydrogens is 408 g/mol. The van der Waals surface area contributed by atoms with Gasteiger partial charge in [0.2, 0.25) is 0 Å². The van der Waals surface area contributed by atoms with Gasteiger partial charge in [0, 0.05) is 31.8 Å². The number of likely N-dealkylation sites (tertiary alicyclic amines) is 1. The van der Waals surface area contributed by atoms with Crippen LogP contribution in [-0.4, -0.2) is 29.5 Å². The quantitative estimate of drug-likeness (QED) is 0.356. The van der Waals surface area contributed by atoms with E-state index in [2.05, 4.69) is 65.6 Å². The molecule has 1 heterocycles. The topological polar surface area (TPSA) is 46.4 Å². The summed E-state index contributed by atoms with van der Waals surface area (Å²) in [6, 6.07) is 24.6. The monoisotopic (exact) mass is 436 g/mol. The van der Waals surface area contributed by atoms with Crippen molar-refractivity contribution in [1.82, 2.24) is 4.90 Å². The first kappa shape index (κ1) is 21.4. The van der Waals surface area contributed by atoms with Crippen LogP contribution in [-0.2, 0) is 12.8 Å². The first-order chi connectivity index (χ1) is 16.2. The van der Waals surface area contributed by atoms with Crippen LogP contribution in [0, 0.1) is 10.1 Å². The fraction of sp³-hybridized carbons (Fsp3) is 0.241. The van der Waals surface area contributed by atoms with Gasteiger partial charge in [-0.05, 0) is 71.2 Å². The molecule has 33 heavy (non-hydrogen) atoms. The number of nitro benzene ring substituents is 1. The summed E-state index contributed by atoms with van der Waals surface area (Å²) in [5.41, 5.74) is 9.94. The molecule has 2 aliphatic rings. The van der Waals surface area contributed by atoms with Crippen molar-refractivity contribution in [3.63, 3.8) is 0 Å². The van der Waals surface area contributed by atoms with Crippen molar-refractivity contribution < 1.29 is 4.92 Å². The minimum absolute atomic E-state index is 0.130. The largest absolute Gasteiger partial charge is 0.299 e. The minimum atomic E-state index is -0.363. The van der Waals surface area contributed by atoms with E-state index in [4.69, 9.17) is 0 Å². The molecule has 0 unspecified atom stereocenters. The van der Waals surface area contributed by atoms with E-state index in [9.17, 15) is 10.1 Å². The first-order valence-corrected chi connectivity index (χ1v) is 11.7. The molecule has 0 bridgehead atoms. The highest BCUT2D eigenvalue weighted by Crippen LogP contribution is 2.38. The number of non-ortho nitro benzene ring substituents is 1. The van der Waals surface area contributed by atoms with Crippen LogP contribution in [0.4, 0.5) is 5.69 Å². The molecule has 1 saturated heterocycles. The van der Waals surface area contributed by atoms with E-state index < -0.39 is 0 Å². The zero-order valence-corrected chi connectivity index (χ0v) is 18.7. The number of hydrogen-bond donors (Lipinski definition) is 0. The van der Waals surface area contributed by atoms with Crippen molar-refractivity contribution in [2.75, 3.05) is 19.6 Å². The van der Waals surface area contributed by atoms with Crippen molar-refractivity contribution in [3.8, 4) is 0 Å². The lowest BCUT2D eigenvalue weighted by atomic mass is 9.86. The molecule has 4 nitrogen and oxygen atoms in total. The van der Waals surface area contributed by atoms with Gasteiger partial charge in [-0.15, -0.1) is 0 Å². The van der Waals surface area contributed by atoms with E-state index in [1.807, 2.05) is 0 Å². The van der Waals surface area contributed by atoms with Gasteiger partial charge >= 0.3 is 0 Å². The third kappa shape index (κ3) is 4.67. The Bertz CT molecular complexity index is 1160. The van der Waals surface area contributed by atoms with Gasteiger partial charge in [0.1, 0.15) is 0 Å². The normalized spacial score (nSPS) is 16.4. The molecule has 3 aromatic carbocycles. The van der Waals surface area contributed by atoms with Crippen LogP contribution in [0.5, 0.6) is 0 Å². The molecule has 0 N–H and O–H groups in total. The van der Waals surface area contributed by atoms with Gasteiger partial charge < -0.3 is 0 Å². The Hall–Kier alpha value is -3.50. The summed E-state index contributed by atoms with van der Waals surface area (Å²) < 4.78 is 0. The Balaban J connectivity index is 1.31. The molecule has 4 heteroatoms. The molecule has 1 fully saturated rings. The molecule has 0 radical (unpaired) electrons. The molecule has 0 saturated carbocycles. The molecule has 1 aliphatic carbocycles. The average Bonchev–Trinajstić information content (AvgIpc) is 3.02. The minimum Gasteiger partial charge on any atom is -0.299 e. The van der Waals surface area contributed by atoms with Crippen molar-refractivity contribution in [2.24, 2.45) is 0 Å². The van der Waals surface area contributed by atoms with Crippen molar-refractivity contribution in [3.05, 3.63) is 122 Å². The lowest BCUT2D eigenvalue weighted by Gasteiger charge is -2.29. The van der Waals surface area contributed by atoms with Crippen molar-refractivity contribution in [1.29, 1.82) is 0 Å². The Morgan fingerprint density at radius 2 is 1.36 bits per heavy atom. The van der Waals surface area contributed by atoms with Crippen LogP contribution in [0.1, 0.15) is 40.7 Å². The summed E-state index contributed by atoms with van der Waals surface area (Å²) >= 11 is 0. The second kappa shape index (κ2) is 9.55. The van der Waals surface area contributed by atoms with E-state index in [1.54, 1.807) is 29.8 Å². The zero-order chi connectivity index (χ0) is 22.6. The lowest BCUT2D eigenvalue weighted by molar-refractivity contribution is -0.384. The molecule has 0 spiro atoms. The Morgan fingerprint density at radius 3 is 1.94 bits per heavy atom. The van der Waals surface area contributed by atoms with Crippen LogP contribution in [0.3, 0.4) is 0 Å². The molecule has 0 amide bonds.